The summed E-state index contributed by atoms with van der Waals surface area (Å²) in [6.07, 6.45) is 3.95. The molecule has 7 heteroatoms. The summed E-state index contributed by atoms with van der Waals surface area (Å²) in [7, 11) is 0. The lowest BCUT2D eigenvalue weighted by Gasteiger charge is -2.25. The lowest BCUT2D eigenvalue weighted by atomic mass is 10.1. The molecule has 6 nitrogen and oxygen atoms in total. The molecule has 0 aromatic carbocycles. The van der Waals surface area contributed by atoms with Crippen LogP contribution in [0.5, 0.6) is 0 Å². The van der Waals surface area contributed by atoms with Gasteiger partial charge in [-0.15, -0.1) is 11.3 Å². The minimum absolute atomic E-state index is 0.0164. The molecule has 0 aliphatic carbocycles. The highest BCUT2D eigenvalue weighted by Gasteiger charge is 2.26. The van der Waals surface area contributed by atoms with Crippen LogP contribution < -0.4 is 0 Å². The molecule has 0 spiro atoms. The Balaban J connectivity index is 1.71. The number of hydrogen-bond acceptors (Lipinski definition) is 5. The summed E-state index contributed by atoms with van der Waals surface area (Å²) in [5.41, 5.74) is 2.27. The van der Waals surface area contributed by atoms with E-state index >= 15 is 0 Å². The van der Waals surface area contributed by atoms with E-state index in [0.717, 1.165) is 36.2 Å². The molecule has 4 rings (SSSR count). The van der Waals surface area contributed by atoms with E-state index in [1.54, 1.807) is 17.5 Å². The standard InChI is InChI=1S/C21H26N4O2S/c1-14(2)25-20-19(11-22-25)18(10-15(3)23-20)21(26)24(12-16-6-4-8-27-16)13-17-7-5-9-28-17/h5,7,9-11,14,16H,4,6,8,12-13H2,1-3H3. The van der Waals surface area contributed by atoms with Crippen molar-refractivity contribution in [3.05, 3.63) is 45.9 Å². The summed E-state index contributed by atoms with van der Waals surface area (Å²) in [4.78, 5) is 21.4. The van der Waals surface area contributed by atoms with Crippen molar-refractivity contribution < 1.29 is 9.53 Å². The lowest BCUT2D eigenvalue weighted by molar-refractivity contribution is 0.0511. The molecule has 1 aliphatic rings. The number of aryl methyl sites for hydroxylation is 1. The third kappa shape index (κ3) is 3.82. The van der Waals surface area contributed by atoms with Gasteiger partial charge in [0.1, 0.15) is 0 Å². The second kappa shape index (κ2) is 8.01. The number of pyridine rings is 1. The van der Waals surface area contributed by atoms with Crippen LogP contribution in [0.3, 0.4) is 0 Å². The normalized spacial score (nSPS) is 16.9. The first-order valence-corrected chi connectivity index (χ1v) is 10.7. The molecule has 1 saturated heterocycles. The number of aromatic nitrogens is 3. The molecule has 0 N–H and O–H groups in total. The number of rotatable bonds is 6. The van der Waals surface area contributed by atoms with Gasteiger partial charge in [-0.05, 0) is 51.1 Å². The quantitative estimate of drug-likeness (QED) is 0.624. The Hall–Kier alpha value is -2.25. The molecular formula is C21H26N4O2S. The zero-order chi connectivity index (χ0) is 19.7. The Labute approximate surface area is 169 Å². The van der Waals surface area contributed by atoms with Crippen LogP contribution in [0.4, 0.5) is 0 Å². The number of hydrogen-bond donors (Lipinski definition) is 0. The van der Waals surface area contributed by atoms with Crippen molar-refractivity contribution in [2.75, 3.05) is 13.2 Å². The molecule has 4 heterocycles. The van der Waals surface area contributed by atoms with Gasteiger partial charge in [0.25, 0.3) is 5.91 Å². The SMILES string of the molecule is Cc1cc(C(=O)N(Cc2cccs2)CC2CCCO2)c2cnn(C(C)C)c2n1. The number of carbonyl (C=O) groups is 1. The molecule has 0 saturated carbocycles. The predicted octanol–water partition coefficient (Wildman–Crippen LogP) is 4.20. The van der Waals surface area contributed by atoms with Crippen LogP contribution in [-0.2, 0) is 11.3 Å². The van der Waals surface area contributed by atoms with Crippen molar-refractivity contribution in [3.8, 4) is 0 Å². The monoisotopic (exact) mass is 398 g/mol. The van der Waals surface area contributed by atoms with Crippen LogP contribution >= 0.6 is 11.3 Å². The van der Waals surface area contributed by atoms with Crippen molar-refractivity contribution in [1.82, 2.24) is 19.7 Å². The highest BCUT2D eigenvalue weighted by molar-refractivity contribution is 7.09. The van der Waals surface area contributed by atoms with Crippen LogP contribution in [0, 0.1) is 6.92 Å². The Morgan fingerprint density at radius 1 is 1.46 bits per heavy atom. The maximum absolute atomic E-state index is 13.6. The van der Waals surface area contributed by atoms with Gasteiger partial charge in [-0.3, -0.25) is 4.79 Å². The highest BCUT2D eigenvalue weighted by atomic mass is 32.1. The molecule has 3 aromatic heterocycles. The molecule has 0 radical (unpaired) electrons. The fraction of sp³-hybridized carbons (Fsp3) is 0.476. The third-order valence-corrected chi connectivity index (χ3v) is 5.94. The first-order valence-electron chi connectivity index (χ1n) is 9.81. The van der Waals surface area contributed by atoms with Crippen LogP contribution in [0.1, 0.15) is 53.7 Å². The number of carbonyl (C=O) groups excluding carboxylic acids is 1. The van der Waals surface area contributed by atoms with Gasteiger partial charge >= 0.3 is 0 Å². The largest absolute Gasteiger partial charge is 0.376 e. The Morgan fingerprint density at radius 2 is 2.32 bits per heavy atom. The van der Waals surface area contributed by atoms with Crippen LogP contribution in [0.2, 0.25) is 0 Å². The molecule has 3 aromatic rings. The van der Waals surface area contributed by atoms with Crippen molar-refractivity contribution in [3.63, 3.8) is 0 Å². The maximum atomic E-state index is 13.6. The third-order valence-electron chi connectivity index (χ3n) is 5.08. The van der Waals surface area contributed by atoms with Gasteiger partial charge in [0.05, 0.1) is 29.8 Å². The zero-order valence-electron chi connectivity index (χ0n) is 16.6. The number of ether oxygens (including phenoxy) is 1. The molecule has 148 valence electrons. The summed E-state index contributed by atoms with van der Waals surface area (Å²) in [6.45, 7) is 8.05. The van der Waals surface area contributed by atoms with Gasteiger partial charge in [0.15, 0.2) is 5.65 Å². The fourth-order valence-electron chi connectivity index (χ4n) is 3.71. The Kier molecular flexibility index (Phi) is 5.46. The van der Waals surface area contributed by atoms with E-state index in [1.165, 1.54) is 4.88 Å². The van der Waals surface area contributed by atoms with Gasteiger partial charge in [-0.1, -0.05) is 6.07 Å². The van der Waals surface area contributed by atoms with Gasteiger partial charge in [-0.25, -0.2) is 9.67 Å². The van der Waals surface area contributed by atoms with E-state index in [1.807, 2.05) is 34.0 Å². The lowest BCUT2D eigenvalue weighted by Crippen LogP contribution is -2.37. The molecule has 1 fully saturated rings. The molecule has 0 bridgehead atoms. The van der Waals surface area contributed by atoms with Crippen molar-refractivity contribution in [2.45, 2.75) is 52.3 Å². The smallest absolute Gasteiger partial charge is 0.255 e. The predicted molar refractivity (Wildman–Crippen MR) is 111 cm³/mol. The molecule has 1 unspecified atom stereocenters. The summed E-state index contributed by atoms with van der Waals surface area (Å²) in [6, 6.07) is 6.17. The summed E-state index contributed by atoms with van der Waals surface area (Å²) < 4.78 is 7.69. The second-order valence-electron chi connectivity index (χ2n) is 7.63. The average Bonchev–Trinajstić information content (AvgIpc) is 3.41. The molecule has 1 aliphatic heterocycles. The van der Waals surface area contributed by atoms with E-state index in [4.69, 9.17) is 4.74 Å². The Bertz CT molecular complexity index is 958. The molecule has 28 heavy (non-hydrogen) atoms. The van der Waals surface area contributed by atoms with E-state index in [9.17, 15) is 4.79 Å². The molecular weight excluding hydrogens is 372 g/mol. The van der Waals surface area contributed by atoms with E-state index < -0.39 is 0 Å². The van der Waals surface area contributed by atoms with E-state index in [2.05, 4.69) is 30.0 Å². The number of amides is 1. The first-order chi connectivity index (χ1) is 13.5. The van der Waals surface area contributed by atoms with Crippen molar-refractivity contribution >= 4 is 28.3 Å². The minimum atomic E-state index is 0.0164. The second-order valence-corrected chi connectivity index (χ2v) is 8.66. The average molecular weight is 399 g/mol. The van der Waals surface area contributed by atoms with Gasteiger partial charge in [0, 0.05) is 29.8 Å². The number of nitrogens with zero attached hydrogens (tertiary/aromatic N) is 4. The van der Waals surface area contributed by atoms with E-state index in [-0.39, 0.29) is 18.1 Å². The fourth-order valence-corrected chi connectivity index (χ4v) is 4.43. The Morgan fingerprint density at radius 3 is 3.00 bits per heavy atom. The van der Waals surface area contributed by atoms with E-state index in [0.29, 0.717) is 18.7 Å². The van der Waals surface area contributed by atoms with Gasteiger partial charge in [-0.2, -0.15) is 5.10 Å². The minimum Gasteiger partial charge on any atom is -0.376 e. The van der Waals surface area contributed by atoms with Gasteiger partial charge in [0.2, 0.25) is 0 Å². The number of thiophene rings is 1. The highest BCUT2D eigenvalue weighted by Crippen LogP contribution is 2.25. The summed E-state index contributed by atoms with van der Waals surface area (Å²) in [5.74, 6) is 0.0164. The maximum Gasteiger partial charge on any atom is 0.255 e. The van der Waals surface area contributed by atoms with Crippen molar-refractivity contribution in [1.29, 1.82) is 0 Å². The van der Waals surface area contributed by atoms with Crippen LogP contribution in [0.25, 0.3) is 11.0 Å². The first kappa shape index (κ1) is 19.1. The molecule has 1 atom stereocenters. The zero-order valence-corrected chi connectivity index (χ0v) is 17.4. The van der Waals surface area contributed by atoms with Gasteiger partial charge < -0.3 is 9.64 Å². The number of fused-ring (bicyclic) bond motifs is 1. The van der Waals surface area contributed by atoms with Crippen LogP contribution in [-0.4, -0.2) is 44.8 Å². The summed E-state index contributed by atoms with van der Waals surface area (Å²) >= 11 is 1.67. The van der Waals surface area contributed by atoms with Crippen LogP contribution in [0.15, 0.2) is 29.8 Å². The summed E-state index contributed by atoms with van der Waals surface area (Å²) in [5, 5.41) is 7.34. The topological polar surface area (TPSA) is 60.3 Å². The molecule has 1 amide bonds. The van der Waals surface area contributed by atoms with Crippen molar-refractivity contribution in [2.24, 2.45) is 0 Å².